The third-order valence-electron chi connectivity index (χ3n) is 3.93. The molecule has 0 aliphatic carbocycles. The molecule has 1 aliphatic rings. The van der Waals surface area contributed by atoms with Crippen molar-refractivity contribution in [2.45, 2.75) is 6.92 Å². The Morgan fingerprint density at radius 1 is 1.17 bits per heavy atom. The molecule has 0 spiro atoms. The smallest absolute Gasteiger partial charge is 0.272 e. The number of pyridine rings is 1. The standard InChI is InChI=1S/C18H16N4O2/c1-13-5-4-7-15(20-13)18(24)21-9-10-22(17(23)12-21)16-8-3-2-6-14(16)11-19/h2-8H,9-10,12H2,1H3. The van der Waals surface area contributed by atoms with Crippen LogP contribution in [-0.2, 0) is 4.79 Å². The van der Waals surface area contributed by atoms with Crippen molar-refractivity contribution in [3.63, 3.8) is 0 Å². The zero-order valence-electron chi connectivity index (χ0n) is 13.3. The fourth-order valence-corrected chi connectivity index (χ4v) is 2.73. The first-order valence-electron chi connectivity index (χ1n) is 7.62. The van der Waals surface area contributed by atoms with Crippen molar-refractivity contribution in [2.24, 2.45) is 0 Å². The van der Waals surface area contributed by atoms with E-state index in [1.807, 2.05) is 13.0 Å². The molecule has 6 heteroatoms. The lowest BCUT2D eigenvalue weighted by Gasteiger charge is -2.34. The van der Waals surface area contributed by atoms with Gasteiger partial charge in [-0.2, -0.15) is 5.26 Å². The fourth-order valence-electron chi connectivity index (χ4n) is 2.73. The largest absolute Gasteiger partial charge is 0.326 e. The summed E-state index contributed by atoms with van der Waals surface area (Å²) >= 11 is 0. The zero-order chi connectivity index (χ0) is 17.1. The topological polar surface area (TPSA) is 77.3 Å². The van der Waals surface area contributed by atoms with Crippen molar-refractivity contribution in [3.05, 3.63) is 59.4 Å². The van der Waals surface area contributed by atoms with E-state index in [2.05, 4.69) is 11.1 Å². The SMILES string of the molecule is Cc1cccc(C(=O)N2CCN(c3ccccc3C#N)C(=O)C2)n1. The predicted octanol–water partition coefficient (Wildman–Crippen LogP) is 1.75. The molecule has 1 aromatic heterocycles. The number of rotatable bonds is 2. The molecular formula is C18H16N4O2. The van der Waals surface area contributed by atoms with Gasteiger partial charge in [0.2, 0.25) is 5.91 Å². The number of benzene rings is 1. The molecule has 0 atom stereocenters. The van der Waals surface area contributed by atoms with Crippen LogP contribution in [0.1, 0.15) is 21.7 Å². The highest BCUT2D eigenvalue weighted by Crippen LogP contribution is 2.22. The lowest BCUT2D eigenvalue weighted by molar-refractivity contribution is -0.120. The highest BCUT2D eigenvalue weighted by Gasteiger charge is 2.30. The maximum absolute atomic E-state index is 12.5. The number of amides is 2. The molecule has 0 unspecified atom stereocenters. The Balaban J connectivity index is 1.77. The van der Waals surface area contributed by atoms with Crippen molar-refractivity contribution in [1.29, 1.82) is 5.26 Å². The summed E-state index contributed by atoms with van der Waals surface area (Å²) in [4.78, 5) is 32.3. The summed E-state index contributed by atoms with van der Waals surface area (Å²) in [6, 6.07) is 14.3. The van der Waals surface area contributed by atoms with E-state index in [1.165, 1.54) is 4.90 Å². The first-order valence-corrected chi connectivity index (χ1v) is 7.62. The average Bonchev–Trinajstić information content (AvgIpc) is 2.61. The molecule has 6 nitrogen and oxygen atoms in total. The van der Waals surface area contributed by atoms with Crippen LogP contribution in [0.5, 0.6) is 0 Å². The van der Waals surface area contributed by atoms with E-state index >= 15 is 0 Å². The van der Waals surface area contributed by atoms with Gasteiger partial charge in [-0.3, -0.25) is 9.59 Å². The van der Waals surface area contributed by atoms with E-state index in [1.54, 1.807) is 41.3 Å². The van der Waals surface area contributed by atoms with Crippen LogP contribution >= 0.6 is 0 Å². The number of para-hydroxylation sites is 1. The number of nitrogens with zero attached hydrogens (tertiary/aromatic N) is 4. The Morgan fingerprint density at radius 3 is 2.67 bits per heavy atom. The van der Waals surface area contributed by atoms with Gasteiger partial charge in [-0.1, -0.05) is 18.2 Å². The third kappa shape index (κ3) is 2.97. The summed E-state index contributed by atoms with van der Waals surface area (Å²) in [5, 5.41) is 9.19. The molecule has 24 heavy (non-hydrogen) atoms. The van der Waals surface area contributed by atoms with Gasteiger partial charge in [-0.25, -0.2) is 4.98 Å². The van der Waals surface area contributed by atoms with Gasteiger partial charge < -0.3 is 9.80 Å². The van der Waals surface area contributed by atoms with E-state index in [-0.39, 0.29) is 18.4 Å². The number of piperazine rings is 1. The van der Waals surface area contributed by atoms with Gasteiger partial charge in [0.1, 0.15) is 18.3 Å². The van der Waals surface area contributed by atoms with E-state index in [4.69, 9.17) is 0 Å². The molecule has 0 N–H and O–H groups in total. The number of aryl methyl sites for hydroxylation is 1. The molecule has 0 bridgehead atoms. The highest BCUT2D eigenvalue weighted by molar-refractivity contribution is 6.01. The quantitative estimate of drug-likeness (QED) is 0.844. The lowest BCUT2D eigenvalue weighted by atomic mass is 10.1. The number of anilines is 1. The normalized spacial score (nSPS) is 14.4. The maximum atomic E-state index is 12.5. The molecule has 3 rings (SSSR count). The van der Waals surface area contributed by atoms with Crippen LogP contribution < -0.4 is 4.90 Å². The first-order chi connectivity index (χ1) is 11.6. The Labute approximate surface area is 139 Å². The second-order valence-corrected chi connectivity index (χ2v) is 5.57. The first kappa shape index (κ1) is 15.7. The number of hydrogen-bond acceptors (Lipinski definition) is 4. The molecule has 0 radical (unpaired) electrons. The van der Waals surface area contributed by atoms with E-state index in [9.17, 15) is 14.9 Å². The minimum Gasteiger partial charge on any atom is -0.326 e. The zero-order valence-corrected chi connectivity index (χ0v) is 13.3. The molecule has 0 saturated carbocycles. The summed E-state index contributed by atoms with van der Waals surface area (Å²) in [6.45, 7) is 2.56. The average molecular weight is 320 g/mol. The van der Waals surface area contributed by atoms with Crippen LogP contribution in [0.15, 0.2) is 42.5 Å². The Kier molecular flexibility index (Phi) is 4.25. The van der Waals surface area contributed by atoms with Crippen LogP contribution in [0.2, 0.25) is 0 Å². The molecule has 1 fully saturated rings. The van der Waals surface area contributed by atoms with E-state index in [0.717, 1.165) is 5.69 Å². The van der Waals surface area contributed by atoms with Crippen molar-refractivity contribution < 1.29 is 9.59 Å². The van der Waals surface area contributed by atoms with Crippen molar-refractivity contribution in [3.8, 4) is 6.07 Å². The summed E-state index contributed by atoms with van der Waals surface area (Å²) in [7, 11) is 0. The molecule has 1 aromatic carbocycles. The molecule has 1 saturated heterocycles. The fraction of sp³-hybridized carbons (Fsp3) is 0.222. The number of hydrogen-bond donors (Lipinski definition) is 0. The summed E-state index contributed by atoms with van der Waals surface area (Å²) in [6.07, 6.45) is 0. The maximum Gasteiger partial charge on any atom is 0.272 e. The number of carbonyl (C=O) groups excluding carboxylic acids is 2. The van der Waals surface area contributed by atoms with E-state index < -0.39 is 0 Å². The van der Waals surface area contributed by atoms with Gasteiger partial charge in [-0.15, -0.1) is 0 Å². The van der Waals surface area contributed by atoms with Gasteiger partial charge in [0.05, 0.1) is 11.3 Å². The third-order valence-corrected chi connectivity index (χ3v) is 3.93. The van der Waals surface area contributed by atoms with Crippen molar-refractivity contribution >= 4 is 17.5 Å². The van der Waals surface area contributed by atoms with Gasteiger partial charge in [0, 0.05) is 18.8 Å². The van der Waals surface area contributed by atoms with Crippen LogP contribution in [-0.4, -0.2) is 41.3 Å². The van der Waals surface area contributed by atoms with Gasteiger partial charge in [0.25, 0.3) is 5.91 Å². The number of carbonyl (C=O) groups is 2. The summed E-state index contributed by atoms with van der Waals surface area (Å²) in [5.41, 5.74) is 2.14. The van der Waals surface area contributed by atoms with Crippen molar-refractivity contribution in [1.82, 2.24) is 9.88 Å². The molecule has 2 aromatic rings. The van der Waals surface area contributed by atoms with Crippen LogP contribution in [0, 0.1) is 18.3 Å². The Hall–Kier alpha value is -3.20. The van der Waals surface area contributed by atoms with Crippen LogP contribution in [0.25, 0.3) is 0 Å². The molecule has 120 valence electrons. The van der Waals surface area contributed by atoms with Gasteiger partial charge in [0.15, 0.2) is 0 Å². The van der Waals surface area contributed by atoms with Gasteiger partial charge in [-0.05, 0) is 31.2 Å². The van der Waals surface area contributed by atoms with Gasteiger partial charge >= 0.3 is 0 Å². The molecular weight excluding hydrogens is 304 g/mol. The second-order valence-electron chi connectivity index (χ2n) is 5.57. The number of nitriles is 1. The molecule has 2 heterocycles. The Morgan fingerprint density at radius 2 is 1.96 bits per heavy atom. The van der Waals surface area contributed by atoms with Crippen LogP contribution in [0.4, 0.5) is 5.69 Å². The number of aromatic nitrogens is 1. The highest BCUT2D eigenvalue weighted by atomic mass is 16.2. The summed E-state index contributed by atoms with van der Waals surface area (Å²) < 4.78 is 0. The van der Waals surface area contributed by atoms with E-state index in [0.29, 0.717) is 30.0 Å². The lowest BCUT2D eigenvalue weighted by Crippen LogP contribution is -2.52. The second kappa shape index (κ2) is 6.50. The molecule has 2 amide bonds. The van der Waals surface area contributed by atoms with Crippen LogP contribution in [0.3, 0.4) is 0 Å². The molecule has 1 aliphatic heterocycles. The minimum atomic E-state index is -0.250. The summed E-state index contributed by atoms with van der Waals surface area (Å²) in [5.74, 6) is -0.453. The predicted molar refractivity (Wildman–Crippen MR) is 88.4 cm³/mol. The minimum absolute atomic E-state index is 0.0196. The Bertz CT molecular complexity index is 841. The monoisotopic (exact) mass is 320 g/mol. The van der Waals surface area contributed by atoms with Crippen molar-refractivity contribution in [2.75, 3.05) is 24.5 Å².